The average molecular weight is 333 g/mol. The lowest BCUT2D eigenvalue weighted by atomic mass is 10.2. The Bertz CT molecular complexity index is 760. The quantitative estimate of drug-likeness (QED) is 0.912. The van der Waals surface area contributed by atoms with Crippen molar-refractivity contribution in [3.05, 3.63) is 36.5 Å². The van der Waals surface area contributed by atoms with Crippen molar-refractivity contribution in [1.29, 1.82) is 0 Å². The van der Waals surface area contributed by atoms with E-state index >= 15 is 0 Å². The second kappa shape index (κ2) is 6.45. The van der Waals surface area contributed by atoms with Crippen LogP contribution in [0.1, 0.15) is 45.6 Å². The molecule has 23 heavy (non-hydrogen) atoms. The first-order valence-electron chi connectivity index (χ1n) is 8.14. The summed E-state index contributed by atoms with van der Waals surface area (Å²) in [6.07, 6.45) is 5.65. The topological polar surface area (TPSA) is 64.0 Å². The molecule has 0 radical (unpaired) electrons. The molecule has 1 aliphatic carbocycles. The van der Waals surface area contributed by atoms with Crippen LogP contribution in [0.3, 0.4) is 0 Å². The standard InChI is InChI=1S/C17H23N3O2S/c1-13(2)20-12-16(17(18-20)14-8-4-3-5-9-14)23(21,22)19-15-10-6-7-11-15/h3-5,8-9,12-13,15,19H,6-7,10-11H2,1-2H3. The van der Waals surface area contributed by atoms with E-state index < -0.39 is 10.0 Å². The van der Waals surface area contributed by atoms with Crippen LogP contribution in [-0.4, -0.2) is 24.2 Å². The van der Waals surface area contributed by atoms with E-state index in [4.69, 9.17) is 0 Å². The highest BCUT2D eigenvalue weighted by Crippen LogP contribution is 2.28. The van der Waals surface area contributed by atoms with Crippen molar-refractivity contribution in [3.8, 4) is 11.3 Å². The fourth-order valence-corrected chi connectivity index (χ4v) is 4.42. The third-order valence-electron chi connectivity index (χ3n) is 4.24. The van der Waals surface area contributed by atoms with Crippen LogP contribution >= 0.6 is 0 Å². The van der Waals surface area contributed by atoms with Crippen LogP contribution < -0.4 is 4.72 Å². The number of nitrogens with zero attached hydrogens (tertiary/aromatic N) is 2. The fourth-order valence-electron chi connectivity index (χ4n) is 2.96. The van der Waals surface area contributed by atoms with E-state index in [0.717, 1.165) is 31.2 Å². The maximum atomic E-state index is 12.9. The summed E-state index contributed by atoms with van der Waals surface area (Å²) in [7, 11) is -3.57. The van der Waals surface area contributed by atoms with Gasteiger partial charge in [0.25, 0.3) is 0 Å². The Morgan fingerprint density at radius 2 is 1.83 bits per heavy atom. The minimum Gasteiger partial charge on any atom is -0.268 e. The number of sulfonamides is 1. The van der Waals surface area contributed by atoms with Gasteiger partial charge in [-0.1, -0.05) is 43.2 Å². The van der Waals surface area contributed by atoms with Crippen molar-refractivity contribution in [3.63, 3.8) is 0 Å². The van der Waals surface area contributed by atoms with Crippen LogP contribution in [0.4, 0.5) is 0 Å². The summed E-state index contributed by atoms with van der Waals surface area (Å²) in [6.45, 7) is 3.98. The monoisotopic (exact) mass is 333 g/mol. The summed E-state index contributed by atoms with van der Waals surface area (Å²) < 4.78 is 30.3. The number of rotatable bonds is 5. The molecular weight excluding hydrogens is 310 g/mol. The zero-order chi connectivity index (χ0) is 16.4. The minimum atomic E-state index is -3.57. The van der Waals surface area contributed by atoms with Gasteiger partial charge in [0.1, 0.15) is 10.6 Å². The first-order valence-corrected chi connectivity index (χ1v) is 9.62. The third-order valence-corrected chi connectivity index (χ3v) is 5.76. The van der Waals surface area contributed by atoms with Crippen LogP contribution in [0, 0.1) is 0 Å². The van der Waals surface area contributed by atoms with E-state index in [2.05, 4.69) is 9.82 Å². The number of benzene rings is 1. The molecule has 1 saturated carbocycles. The summed E-state index contributed by atoms with van der Waals surface area (Å²) in [4.78, 5) is 0.268. The van der Waals surface area contributed by atoms with Gasteiger partial charge in [-0.25, -0.2) is 13.1 Å². The van der Waals surface area contributed by atoms with E-state index in [1.165, 1.54) is 0 Å². The zero-order valence-electron chi connectivity index (χ0n) is 13.6. The van der Waals surface area contributed by atoms with Crippen LogP contribution in [-0.2, 0) is 10.0 Å². The Morgan fingerprint density at radius 3 is 2.43 bits per heavy atom. The number of hydrogen-bond acceptors (Lipinski definition) is 3. The van der Waals surface area contributed by atoms with Gasteiger partial charge in [0.2, 0.25) is 10.0 Å². The van der Waals surface area contributed by atoms with Gasteiger partial charge < -0.3 is 0 Å². The molecule has 1 aromatic carbocycles. The highest BCUT2D eigenvalue weighted by atomic mass is 32.2. The average Bonchev–Trinajstić information content (AvgIpc) is 3.17. The molecule has 5 nitrogen and oxygen atoms in total. The molecule has 2 aromatic rings. The molecular formula is C17H23N3O2S. The second-order valence-corrected chi connectivity index (χ2v) is 8.07. The highest BCUT2D eigenvalue weighted by molar-refractivity contribution is 7.89. The molecule has 1 heterocycles. The van der Waals surface area contributed by atoms with Crippen molar-refractivity contribution in [2.45, 2.75) is 56.5 Å². The van der Waals surface area contributed by atoms with Gasteiger partial charge in [0, 0.05) is 23.8 Å². The zero-order valence-corrected chi connectivity index (χ0v) is 14.4. The smallest absolute Gasteiger partial charge is 0.244 e. The summed E-state index contributed by atoms with van der Waals surface area (Å²) in [5.41, 5.74) is 1.34. The molecule has 0 atom stereocenters. The molecule has 0 bridgehead atoms. The predicted molar refractivity (Wildman–Crippen MR) is 90.6 cm³/mol. The maximum absolute atomic E-state index is 12.9. The molecule has 1 aromatic heterocycles. The predicted octanol–water partition coefficient (Wildman–Crippen LogP) is 3.35. The highest BCUT2D eigenvalue weighted by Gasteiger charge is 2.28. The Kier molecular flexibility index (Phi) is 4.55. The molecule has 0 saturated heterocycles. The molecule has 0 spiro atoms. The van der Waals surface area contributed by atoms with Gasteiger partial charge in [0.15, 0.2) is 0 Å². The van der Waals surface area contributed by atoms with Crippen LogP contribution in [0.15, 0.2) is 41.4 Å². The molecule has 0 amide bonds. The largest absolute Gasteiger partial charge is 0.268 e. The summed E-state index contributed by atoms with van der Waals surface area (Å²) in [5.74, 6) is 0. The van der Waals surface area contributed by atoms with Crippen LogP contribution in [0.5, 0.6) is 0 Å². The number of aromatic nitrogens is 2. The first kappa shape index (κ1) is 16.2. The van der Waals surface area contributed by atoms with Gasteiger partial charge >= 0.3 is 0 Å². The van der Waals surface area contributed by atoms with Crippen LogP contribution in [0.2, 0.25) is 0 Å². The molecule has 0 unspecified atom stereocenters. The van der Waals surface area contributed by atoms with E-state index in [0.29, 0.717) is 5.69 Å². The summed E-state index contributed by atoms with van der Waals surface area (Å²) in [5, 5.41) is 4.52. The fraction of sp³-hybridized carbons (Fsp3) is 0.471. The molecule has 6 heteroatoms. The lowest BCUT2D eigenvalue weighted by molar-refractivity contribution is 0.531. The molecule has 1 aliphatic rings. The Labute approximate surface area is 137 Å². The normalized spacial score (nSPS) is 16.3. The van der Waals surface area contributed by atoms with Gasteiger partial charge in [-0.15, -0.1) is 0 Å². The van der Waals surface area contributed by atoms with E-state index in [9.17, 15) is 8.42 Å². The van der Waals surface area contributed by atoms with Crippen molar-refractivity contribution in [2.24, 2.45) is 0 Å². The summed E-state index contributed by atoms with van der Waals surface area (Å²) >= 11 is 0. The first-order chi connectivity index (χ1) is 11.0. The van der Waals surface area contributed by atoms with Crippen molar-refractivity contribution >= 4 is 10.0 Å². The van der Waals surface area contributed by atoms with Gasteiger partial charge in [-0.3, -0.25) is 4.68 Å². The maximum Gasteiger partial charge on any atom is 0.244 e. The Balaban J connectivity index is 2.03. The van der Waals surface area contributed by atoms with E-state index in [-0.39, 0.29) is 17.0 Å². The third kappa shape index (κ3) is 3.48. The lowest BCUT2D eigenvalue weighted by Gasteiger charge is -2.12. The van der Waals surface area contributed by atoms with Crippen molar-refractivity contribution < 1.29 is 8.42 Å². The number of nitrogens with one attached hydrogen (secondary N) is 1. The van der Waals surface area contributed by atoms with Gasteiger partial charge in [-0.05, 0) is 26.7 Å². The van der Waals surface area contributed by atoms with E-state index in [1.54, 1.807) is 10.9 Å². The second-order valence-electron chi connectivity index (χ2n) is 6.38. The van der Waals surface area contributed by atoms with Gasteiger partial charge in [-0.2, -0.15) is 5.10 Å². The van der Waals surface area contributed by atoms with Crippen molar-refractivity contribution in [2.75, 3.05) is 0 Å². The SMILES string of the molecule is CC(C)n1cc(S(=O)(=O)NC2CCCC2)c(-c2ccccc2)n1. The van der Waals surface area contributed by atoms with E-state index in [1.807, 2.05) is 44.2 Å². The van der Waals surface area contributed by atoms with Crippen LogP contribution in [0.25, 0.3) is 11.3 Å². The molecule has 0 aliphatic heterocycles. The Hall–Kier alpha value is -1.66. The lowest BCUT2D eigenvalue weighted by Crippen LogP contribution is -2.32. The molecule has 1 N–H and O–H groups in total. The minimum absolute atomic E-state index is 0.0472. The molecule has 1 fully saturated rings. The molecule has 124 valence electrons. The van der Waals surface area contributed by atoms with Gasteiger partial charge in [0.05, 0.1) is 0 Å². The number of hydrogen-bond donors (Lipinski definition) is 1. The Morgan fingerprint density at radius 1 is 1.17 bits per heavy atom. The summed E-state index contributed by atoms with van der Waals surface area (Å²) in [6, 6.07) is 9.63. The molecule has 3 rings (SSSR count). The van der Waals surface area contributed by atoms with Crippen molar-refractivity contribution in [1.82, 2.24) is 14.5 Å².